The van der Waals surface area contributed by atoms with Gasteiger partial charge in [-0.15, -0.1) is 0 Å². The van der Waals surface area contributed by atoms with Crippen LogP contribution in [-0.4, -0.2) is 6.54 Å². The van der Waals surface area contributed by atoms with E-state index in [2.05, 4.69) is 0 Å². The van der Waals surface area contributed by atoms with Crippen molar-refractivity contribution in [2.24, 2.45) is 5.73 Å². The molecule has 2 nitrogen and oxygen atoms in total. The maximum atomic E-state index is 14.1. The minimum atomic E-state index is -0.163. The number of fused-ring (bicyclic) bond motifs is 1. The molecule has 78 valence electrons. The molecule has 3 rings (SSSR count). The molecule has 2 N–H and O–H groups in total. The predicted molar refractivity (Wildman–Crippen MR) is 56.1 cm³/mol. The Morgan fingerprint density at radius 3 is 2.80 bits per heavy atom. The van der Waals surface area contributed by atoms with Crippen LogP contribution in [0.3, 0.4) is 0 Å². The van der Waals surface area contributed by atoms with E-state index < -0.39 is 0 Å². The monoisotopic (exact) mass is 205 g/mol. The second-order valence-electron chi connectivity index (χ2n) is 4.24. The molecule has 1 aromatic heterocycles. The largest absolute Gasteiger partial charge is 0.464 e. The van der Waals surface area contributed by atoms with E-state index in [1.54, 1.807) is 12.1 Å². The van der Waals surface area contributed by atoms with Crippen LogP contribution in [0.2, 0.25) is 0 Å². The molecular formula is C12H12FNO. The van der Waals surface area contributed by atoms with Gasteiger partial charge < -0.3 is 10.2 Å². The van der Waals surface area contributed by atoms with Gasteiger partial charge in [-0.1, -0.05) is 6.07 Å². The zero-order chi connectivity index (χ0) is 10.5. The van der Waals surface area contributed by atoms with Crippen LogP contribution in [0.5, 0.6) is 0 Å². The van der Waals surface area contributed by atoms with Crippen LogP contribution in [0.4, 0.5) is 4.39 Å². The smallest absolute Gasteiger partial charge is 0.138 e. The van der Waals surface area contributed by atoms with E-state index in [9.17, 15) is 4.39 Å². The number of halogens is 1. The van der Waals surface area contributed by atoms with Gasteiger partial charge in [0.05, 0.1) is 11.6 Å². The van der Waals surface area contributed by atoms with E-state index in [0.29, 0.717) is 17.5 Å². The zero-order valence-corrected chi connectivity index (χ0v) is 8.29. The maximum absolute atomic E-state index is 14.1. The molecule has 0 bridgehead atoms. The van der Waals surface area contributed by atoms with Crippen molar-refractivity contribution in [2.75, 3.05) is 6.54 Å². The van der Waals surface area contributed by atoms with Crippen molar-refractivity contribution >= 4 is 11.0 Å². The van der Waals surface area contributed by atoms with E-state index in [1.807, 2.05) is 6.07 Å². The van der Waals surface area contributed by atoms with Crippen LogP contribution in [0, 0.1) is 5.82 Å². The lowest BCUT2D eigenvalue weighted by atomic mass is 9.94. The molecule has 0 radical (unpaired) electrons. The Morgan fingerprint density at radius 2 is 2.13 bits per heavy atom. The average molecular weight is 205 g/mol. The fourth-order valence-electron chi connectivity index (χ4n) is 2.15. The highest BCUT2D eigenvalue weighted by Crippen LogP contribution is 2.48. The van der Waals surface area contributed by atoms with Crippen LogP contribution >= 0.6 is 0 Å². The Hall–Kier alpha value is -1.35. The summed E-state index contributed by atoms with van der Waals surface area (Å²) in [7, 11) is 0. The average Bonchev–Trinajstić information content (AvgIpc) is 2.89. The van der Waals surface area contributed by atoms with Crippen molar-refractivity contribution < 1.29 is 8.81 Å². The summed E-state index contributed by atoms with van der Waals surface area (Å²) in [5, 5.41) is 0.562. The van der Waals surface area contributed by atoms with Crippen molar-refractivity contribution in [1.29, 1.82) is 0 Å². The van der Waals surface area contributed by atoms with Crippen LogP contribution in [-0.2, 0) is 5.41 Å². The molecule has 0 aliphatic heterocycles. The highest BCUT2D eigenvalue weighted by atomic mass is 19.1. The minimum absolute atomic E-state index is 0.102. The summed E-state index contributed by atoms with van der Waals surface area (Å²) in [5.41, 5.74) is 6.95. The van der Waals surface area contributed by atoms with Crippen LogP contribution in [0.15, 0.2) is 28.9 Å². The first-order valence-corrected chi connectivity index (χ1v) is 5.13. The fourth-order valence-corrected chi connectivity index (χ4v) is 2.15. The van der Waals surface area contributed by atoms with Gasteiger partial charge in [0, 0.05) is 12.0 Å². The summed E-state index contributed by atoms with van der Waals surface area (Å²) in [6, 6.07) is 5.30. The molecule has 3 heteroatoms. The lowest BCUT2D eigenvalue weighted by molar-refractivity contribution is 0.578. The summed E-state index contributed by atoms with van der Waals surface area (Å²) in [5.74, 6) is -0.163. The van der Waals surface area contributed by atoms with Gasteiger partial charge in [0.25, 0.3) is 0 Å². The van der Waals surface area contributed by atoms with Crippen LogP contribution in [0.25, 0.3) is 11.0 Å². The molecule has 0 spiro atoms. The van der Waals surface area contributed by atoms with E-state index in [1.165, 1.54) is 6.26 Å². The van der Waals surface area contributed by atoms with Gasteiger partial charge in [-0.25, -0.2) is 4.39 Å². The molecule has 1 heterocycles. The predicted octanol–water partition coefficient (Wildman–Crippen LogP) is 2.56. The van der Waals surface area contributed by atoms with E-state index in [4.69, 9.17) is 10.2 Å². The van der Waals surface area contributed by atoms with Crippen molar-refractivity contribution in [2.45, 2.75) is 18.3 Å². The quantitative estimate of drug-likeness (QED) is 0.818. The van der Waals surface area contributed by atoms with Crippen molar-refractivity contribution in [3.63, 3.8) is 0 Å². The van der Waals surface area contributed by atoms with Gasteiger partial charge in [-0.2, -0.15) is 0 Å². The number of furan rings is 1. The van der Waals surface area contributed by atoms with Gasteiger partial charge in [0.2, 0.25) is 0 Å². The third-order valence-electron chi connectivity index (χ3n) is 3.39. The number of hydrogen-bond acceptors (Lipinski definition) is 2. The molecule has 2 aromatic rings. The second kappa shape index (κ2) is 2.83. The third-order valence-corrected chi connectivity index (χ3v) is 3.39. The summed E-state index contributed by atoms with van der Waals surface area (Å²) in [4.78, 5) is 0. The Labute approximate surface area is 86.9 Å². The molecule has 1 aromatic carbocycles. The van der Waals surface area contributed by atoms with Gasteiger partial charge in [-0.05, 0) is 30.5 Å². The topological polar surface area (TPSA) is 39.2 Å². The summed E-state index contributed by atoms with van der Waals surface area (Å²) in [6.07, 6.45) is 3.49. The Balaban J connectivity index is 2.23. The Bertz CT molecular complexity index is 513. The standard InChI is InChI=1S/C12H12FNO/c13-11-8-3-6-15-10(8)2-1-9(11)12(7-14)4-5-12/h1-3,6H,4-5,7,14H2. The molecule has 15 heavy (non-hydrogen) atoms. The van der Waals surface area contributed by atoms with Gasteiger partial charge >= 0.3 is 0 Å². The molecule has 0 saturated heterocycles. The van der Waals surface area contributed by atoms with Gasteiger partial charge in [0.1, 0.15) is 11.4 Å². The lowest BCUT2D eigenvalue weighted by Gasteiger charge is -2.13. The maximum Gasteiger partial charge on any atom is 0.138 e. The second-order valence-corrected chi connectivity index (χ2v) is 4.24. The van der Waals surface area contributed by atoms with Crippen molar-refractivity contribution in [3.05, 3.63) is 35.8 Å². The zero-order valence-electron chi connectivity index (χ0n) is 8.29. The Kier molecular flexibility index (Phi) is 1.68. The van der Waals surface area contributed by atoms with Crippen LogP contribution < -0.4 is 5.73 Å². The third kappa shape index (κ3) is 1.13. The van der Waals surface area contributed by atoms with Gasteiger partial charge in [0.15, 0.2) is 0 Å². The minimum Gasteiger partial charge on any atom is -0.464 e. The molecule has 1 aliphatic rings. The number of rotatable bonds is 2. The molecule has 1 aliphatic carbocycles. The number of benzene rings is 1. The first-order valence-electron chi connectivity index (χ1n) is 5.13. The Morgan fingerprint density at radius 1 is 1.33 bits per heavy atom. The summed E-state index contributed by atoms with van der Waals surface area (Å²) < 4.78 is 19.3. The first-order chi connectivity index (χ1) is 7.27. The lowest BCUT2D eigenvalue weighted by Crippen LogP contribution is -2.21. The van der Waals surface area contributed by atoms with E-state index >= 15 is 0 Å². The molecule has 1 saturated carbocycles. The number of hydrogen-bond donors (Lipinski definition) is 1. The molecular weight excluding hydrogens is 193 g/mol. The normalized spacial score (nSPS) is 18.3. The van der Waals surface area contributed by atoms with Crippen LogP contribution in [0.1, 0.15) is 18.4 Å². The van der Waals surface area contributed by atoms with Gasteiger partial charge in [-0.3, -0.25) is 0 Å². The van der Waals surface area contributed by atoms with Crippen molar-refractivity contribution in [1.82, 2.24) is 0 Å². The van der Waals surface area contributed by atoms with E-state index in [-0.39, 0.29) is 11.2 Å². The number of nitrogens with two attached hydrogens (primary N) is 1. The first kappa shape index (κ1) is 8.92. The van der Waals surface area contributed by atoms with Crippen molar-refractivity contribution in [3.8, 4) is 0 Å². The fraction of sp³-hybridized carbons (Fsp3) is 0.333. The highest BCUT2D eigenvalue weighted by molar-refractivity contribution is 5.79. The molecule has 1 fully saturated rings. The molecule has 0 unspecified atom stereocenters. The molecule has 0 amide bonds. The summed E-state index contributed by atoms with van der Waals surface area (Å²) in [6.45, 7) is 0.521. The molecule has 0 atom stereocenters. The highest BCUT2D eigenvalue weighted by Gasteiger charge is 2.45. The SMILES string of the molecule is NCC1(c2ccc3occc3c2F)CC1. The van der Waals surface area contributed by atoms with E-state index in [0.717, 1.165) is 18.4 Å². The summed E-state index contributed by atoms with van der Waals surface area (Å²) >= 11 is 0.